The van der Waals surface area contributed by atoms with Gasteiger partial charge in [-0.25, -0.2) is 0 Å². The van der Waals surface area contributed by atoms with Crippen LogP contribution in [0.25, 0.3) is 0 Å². The highest BCUT2D eigenvalue weighted by molar-refractivity contribution is 9.09. The Morgan fingerprint density at radius 1 is 1.46 bits per heavy atom. The molecule has 0 bridgehead atoms. The van der Waals surface area contributed by atoms with Gasteiger partial charge in [-0.05, 0) is 18.6 Å². The zero-order valence-electron chi connectivity index (χ0n) is 8.04. The molecule has 0 saturated carbocycles. The van der Waals surface area contributed by atoms with E-state index in [2.05, 4.69) is 33.9 Å². The minimum Gasteiger partial charge on any atom is -0.261 e. The van der Waals surface area contributed by atoms with Gasteiger partial charge in [-0.15, -0.1) is 0 Å². The third kappa shape index (κ3) is 4.41. The summed E-state index contributed by atoms with van der Waals surface area (Å²) >= 11 is 3.68. The van der Waals surface area contributed by atoms with Gasteiger partial charge in [0.05, 0.1) is 0 Å². The Labute approximate surface area is 88.7 Å². The Hall–Kier alpha value is -0.370. The van der Waals surface area contributed by atoms with E-state index in [1.165, 1.54) is 25.0 Å². The van der Waals surface area contributed by atoms with Crippen molar-refractivity contribution in [3.8, 4) is 0 Å². The lowest BCUT2D eigenvalue weighted by Crippen LogP contribution is -2.03. The van der Waals surface area contributed by atoms with Gasteiger partial charge >= 0.3 is 0 Å². The van der Waals surface area contributed by atoms with Gasteiger partial charge in [0.2, 0.25) is 0 Å². The molecule has 1 rings (SSSR count). The van der Waals surface area contributed by atoms with Crippen molar-refractivity contribution < 1.29 is 0 Å². The third-order valence-corrected chi connectivity index (χ3v) is 2.81. The Morgan fingerprint density at radius 3 is 2.92 bits per heavy atom. The quantitative estimate of drug-likeness (QED) is 0.719. The van der Waals surface area contributed by atoms with Crippen LogP contribution in [0.3, 0.4) is 0 Å². The number of pyridine rings is 1. The summed E-state index contributed by atoms with van der Waals surface area (Å²) in [4.78, 5) is 4.88. The summed E-state index contributed by atoms with van der Waals surface area (Å²) in [5.74, 6) is 0. The zero-order chi connectivity index (χ0) is 9.52. The standard InChI is InChI=1S/C11H16BrN/c1-2-3-6-10(12)9-11-7-4-5-8-13-11/h4-5,7-8,10H,2-3,6,9H2,1H3. The maximum atomic E-state index is 4.30. The molecule has 0 saturated heterocycles. The molecule has 72 valence electrons. The SMILES string of the molecule is CCCCC(Br)Cc1ccccn1. The molecule has 0 aromatic carbocycles. The predicted octanol–water partition coefficient (Wildman–Crippen LogP) is 3.58. The summed E-state index contributed by atoms with van der Waals surface area (Å²) in [5, 5.41) is 0. The molecule has 0 aliphatic carbocycles. The highest BCUT2D eigenvalue weighted by Gasteiger charge is 2.04. The summed E-state index contributed by atoms with van der Waals surface area (Å²) in [5.41, 5.74) is 1.18. The van der Waals surface area contributed by atoms with Gasteiger partial charge in [0.1, 0.15) is 0 Å². The fourth-order valence-corrected chi connectivity index (χ4v) is 1.93. The van der Waals surface area contributed by atoms with Crippen LogP contribution in [0.4, 0.5) is 0 Å². The monoisotopic (exact) mass is 241 g/mol. The van der Waals surface area contributed by atoms with E-state index in [1.54, 1.807) is 0 Å². The molecular weight excluding hydrogens is 226 g/mol. The summed E-state index contributed by atoms with van der Waals surface area (Å²) < 4.78 is 0. The molecule has 1 atom stereocenters. The van der Waals surface area contributed by atoms with E-state index in [1.807, 2.05) is 18.3 Å². The Balaban J connectivity index is 2.32. The first-order valence-corrected chi connectivity index (χ1v) is 5.78. The summed E-state index contributed by atoms with van der Waals surface area (Å²) in [6, 6.07) is 6.08. The van der Waals surface area contributed by atoms with E-state index in [-0.39, 0.29) is 0 Å². The van der Waals surface area contributed by atoms with Gasteiger partial charge in [-0.3, -0.25) is 4.98 Å². The van der Waals surface area contributed by atoms with Crippen molar-refractivity contribution in [3.63, 3.8) is 0 Å². The molecule has 0 radical (unpaired) electrons. The van der Waals surface area contributed by atoms with E-state index in [0.29, 0.717) is 4.83 Å². The average molecular weight is 242 g/mol. The average Bonchev–Trinajstić information content (AvgIpc) is 2.16. The highest BCUT2D eigenvalue weighted by Crippen LogP contribution is 2.14. The maximum Gasteiger partial charge on any atom is 0.0414 e. The van der Waals surface area contributed by atoms with Crippen molar-refractivity contribution in [2.75, 3.05) is 0 Å². The molecule has 2 heteroatoms. The topological polar surface area (TPSA) is 12.9 Å². The van der Waals surface area contributed by atoms with Crippen LogP contribution >= 0.6 is 15.9 Å². The van der Waals surface area contributed by atoms with Crippen LogP contribution in [0.5, 0.6) is 0 Å². The van der Waals surface area contributed by atoms with Crippen molar-refractivity contribution in [2.45, 2.75) is 37.4 Å². The van der Waals surface area contributed by atoms with Gasteiger partial charge < -0.3 is 0 Å². The second-order valence-corrected chi connectivity index (χ2v) is 4.56. The van der Waals surface area contributed by atoms with Crippen LogP contribution in [-0.2, 0) is 6.42 Å². The lowest BCUT2D eigenvalue weighted by atomic mass is 10.1. The number of rotatable bonds is 5. The fraction of sp³-hybridized carbons (Fsp3) is 0.545. The molecule has 0 fully saturated rings. The Morgan fingerprint density at radius 2 is 2.31 bits per heavy atom. The van der Waals surface area contributed by atoms with Crippen molar-refractivity contribution in [2.24, 2.45) is 0 Å². The number of alkyl halides is 1. The summed E-state index contributed by atoms with van der Waals surface area (Å²) in [7, 11) is 0. The van der Waals surface area contributed by atoms with Gasteiger partial charge in [0.15, 0.2) is 0 Å². The molecule has 0 aliphatic rings. The second-order valence-electron chi connectivity index (χ2n) is 3.26. The van der Waals surface area contributed by atoms with E-state index in [4.69, 9.17) is 0 Å². The fourth-order valence-electron chi connectivity index (χ4n) is 1.27. The van der Waals surface area contributed by atoms with E-state index >= 15 is 0 Å². The minimum atomic E-state index is 0.586. The largest absolute Gasteiger partial charge is 0.261 e. The first-order chi connectivity index (χ1) is 6.33. The first-order valence-electron chi connectivity index (χ1n) is 4.87. The molecule has 1 aromatic heterocycles. The first kappa shape index (κ1) is 10.7. The number of unbranched alkanes of at least 4 members (excludes halogenated alkanes) is 1. The van der Waals surface area contributed by atoms with E-state index < -0.39 is 0 Å². The summed E-state index contributed by atoms with van der Waals surface area (Å²) in [6.07, 6.45) is 6.70. The number of hydrogen-bond acceptors (Lipinski definition) is 1. The zero-order valence-corrected chi connectivity index (χ0v) is 9.63. The van der Waals surface area contributed by atoms with Crippen LogP contribution in [-0.4, -0.2) is 9.81 Å². The lowest BCUT2D eigenvalue weighted by molar-refractivity contribution is 0.681. The molecule has 0 spiro atoms. The van der Waals surface area contributed by atoms with Crippen LogP contribution < -0.4 is 0 Å². The molecule has 13 heavy (non-hydrogen) atoms. The van der Waals surface area contributed by atoms with Crippen LogP contribution in [0.1, 0.15) is 31.9 Å². The maximum absolute atomic E-state index is 4.30. The van der Waals surface area contributed by atoms with Crippen molar-refractivity contribution in [3.05, 3.63) is 30.1 Å². The van der Waals surface area contributed by atoms with Gasteiger partial charge in [-0.1, -0.05) is 41.8 Å². The van der Waals surface area contributed by atoms with Gasteiger partial charge in [0.25, 0.3) is 0 Å². The lowest BCUT2D eigenvalue weighted by Gasteiger charge is -2.07. The number of halogens is 1. The van der Waals surface area contributed by atoms with Gasteiger partial charge in [-0.2, -0.15) is 0 Å². The predicted molar refractivity (Wildman–Crippen MR) is 60.2 cm³/mol. The summed E-state index contributed by atoms with van der Waals surface area (Å²) in [6.45, 7) is 2.22. The van der Waals surface area contributed by atoms with Crippen molar-refractivity contribution in [1.82, 2.24) is 4.98 Å². The molecule has 0 amide bonds. The van der Waals surface area contributed by atoms with E-state index in [9.17, 15) is 0 Å². The molecule has 1 aromatic rings. The molecule has 1 unspecified atom stereocenters. The van der Waals surface area contributed by atoms with Crippen molar-refractivity contribution >= 4 is 15.9 Å². The van der Waals surface area contributed by atoms with Crippen LogP contribution in [0, 0.1) is 0 Å². The Bertz CT molecular complexity index is 223. The van der Waals surface area contributed by atoms with Crippen LogP contribution in [0.15, 0.2) is 24.4 Å². The normalized spacial score (nSPS) is 12.8. The number of aromatic nitrogens is 1. The Kier molecular flexibility index (Phi) is 5.06. The molecule has 1 nitrogen and oxygen atoms in total. The van der Waals surface area contributed by atoms with Crippen LogP contribution in [0.2, 0.25) is 0 Å². The molecular formula is C11H16BrN. The number of hydrogen-bond donors (Lipinski definition) is 0. The van der Waals surface area contributed by atoms with Crippen molar-refractivity contribution in [1.29, 1.82) is 0 Å². The second kappa shape index (κ2) is 6.14. The van der Waals surface area contributed by atoms with Gasteiger partial charge in [0, 0.05) is 23.1 Å². The highest BCUT2D eigenvalue weighted by atomic mass is 79.9. The molecule has 1 heterocycles. The molecule has 0 aliphatic heterocycles. The smallest absolute Gasteiger partial charge is 0.0414 e. The molecule has 0 N–H and O–H groups in total. The number of nitrogens with zero attached hydrogens (tertiary/aromatic N) is 1. The third-order valence-electron chi connectivity index (χ3n) is 2.03. The van der Waals surface area contributed by atoms with E-state index in [0.717, 1.165) is 6.42 Å². The minimum absolute atomic E-state index is 0.586.